The molecule has 0 spiro atoms. The lowest BCUT2D eigenvalue weighted by atomic mass is 10.1. The number of hydrogen-bond acceptors (Lipinski definition) is 1. The van der Waals surface area contributed by atoms with Gasteiger partial charge < -0.3 is 5.73 Å². The van der Waals surface area contributed by atoms with Crippen molar-refractivity contribution < 1.29 is 4.39 Å². The van der Waals surface area contributed by atoms with Crippen molar-refractivity contribution in [2.24, 2.45) is 5.73 Å². The van der Waals surface area contributed by atoms with Gasteiger partial charge in [0.25, 0.3) is 0 Å². The van der Waals surface area contributed by atoms with Crippen molar-refractivity contribution in [1.82, 2.24) is 0 Å². The van der Waals surface area contributed by atoms with Crippen LogP contribution in [0.4, 0.5) is 4.39 Å². The zero-order valence-electron chi connectivity index (χ0n) is 6.55. The Hall–Kier alpha value is -0.890. The molecule has 1 aromatic rings. The number of hydrogen-bond donors (Lipinski definition) is 1. The van der Waals surface area contributed by atoms with Gasteiger partial charge in [0.2, 0.25) is 0 Å². The van der Waals surface area contributed by atoms with E-state index in [1.54, 1.807) is 0 Å². The number of halogens is 1. The monoisotopic (exact) mass is 153 g/mol. The van der Waals surface area contributed by atoms with Gasteiger partial charge in [0, 0.05) is 0 Å². The Kier molecular flexibility index (Phi) is 2.60. The van der Waals surface area contributed by atoms with Crippen molar-refractivity contribution in [3.05, 3.63) is 35.4 Å². The van der Waals surface area contributed by atoms with Gasteiger partial charge in [-0.1, -0.05) is 29.8 Å². The summed E-state index contributed by atoms with van der Waals surface area (Å²) in [7, 11) is 0. The van der Waals surface area contributed by atoms with E-state index < -0.39 is 12.7 Å². The van der Waals surface area contributed by atoms with Crippen LogP contribution in [0.25, 0.3) is 0 Å². The lowest BCUT2D eigenvalue weighted by Crippen LogP contribution is -2.11. The van der Waals surface area contributed by atoms with Gasteiger partial charge >= 0.3 is 0 Å². The second kappa shape index (κ2) is 3.49. The lowest BCUT2D eigenvalue weighted by Gasteiger charge is -2.06. The van der Waals surface area contributed by atoms with E-state index >= 15 is 0 Å². The minimum Gasteiger partial charge on any atom is -0.322 e. The maximum Gasteiger partial charge on any atom is 0.109 e. The van der Waals surface area contributed by atoms with Crippen LogP contribution < -0.4 is 5.73 Å². The van der Waals surface area contributed by atoms with Crippen molar-refractivity contribution in [2.75, 3.05) is 6.67 Å². The molecule has 0 saturated carbocycles. The summed E-state index contributed by atoms with van der Waals surface area (Å²) in [6, 6.07) is 7.13. The van der Waals surface area contributed by atoms with Crippen molar-refractivity contribution in [1.29, 1.82) is 0 Å². The summed E-state index contributed by atoms with van der Waals surface area (Å²) < 4.78 is 12.0. The van der Waals surface area contributed by atoms with Gasteiger partial charge in [-0.25, -0.2) is 4.39 Å². The van der Waals surface area contributed by atoms with Crippen LogP contribution >= 0.6 is 0 Å². The van der Waals surface area contributed by atoms with Crippen LogP contribution in [0.15, 0.2) is 24.3 Å². The summed E-state index contributed by atoms with van der Waals surface area (Å²) in [4.78, 5) is 0. The molecule has 2 heteroatoms. The highest BCUT2D eigenvalue weighted by Gasteiger charge is 2.02. The van der Waals surface area contributed by atoms with Crippen LogP contribution in [0.2, 0.25) is 0 Å². The average molecular weight is 153 g/mol. The fourth-order valence-electron chi connectivity index (χ4n) is 0.903. The molecule has 60 valence electrons. The number of rotatable bonds is 2. The first kappa shape index (κ1) is 8.21. The Morgan fingerprint density at radius 2 is 1.91 bits per heavy atom. The molecule has 1 nitrogen and oxygen atoms in total. The molecule has 11 heavy (non-hydrogen) atoms. The maximum absolute atomic E-state index is 12.0. The Morgan fingerprint density at radius 3 is 2.36 bits per heavy atom. The summed E-state index contributed by atoms with van der Waals surface area (Å²) in [6.45, 7) is 1.49. The molecule has 0 fully saturated rings. The number of aryl methyl sites for hydroxylation is 1. The highest BCUT2D eigenvalue weighted by molar-refractivity contribution is 5.23. The Morgan fingerprint density at radius 1 is 1.36 bits per heavy atom. The molecule has 0 saturated heterocycles. The molecule has 0 heterocycles. The third-order valence-corrected chi connectivity index (χ3v) is 1.67. The predicted molar refractivity (Wildman–Crippen MR) is 44.1 cm³/mol. The molecule has 1 aromatic carbocycles. The van der Waals surface area contributed by atoms with Crippen LogP contribution in [-0.4, -0.2) is 6.67 Å². The predicted octanol–water partition coefficient (Wildman–Crippen LogP) is 1.96. The number of nitrogens with two attached hydrogens (primary N) is 1. The molecular weight excluding hydrogens is 141 g/mol. The second-order valence-electron chi connectivity index (χ2n) is 2.67. The number of alkyl halides is 1. The maximum atomic E-state index is 12.0. The van der Waals surface area contributed by atoms with Gasteiger partial charge in [-0.15, -0.1) is 0 Å². The molecule has 0 unspecified atom stereocenters. The topological polar surface area (TPSA) is 26.0 Å². The van der Waals surface area contributed by atoms with Crippen LogP contribution in [0.5, 0.6) is 0 Å². The molecular formula is C9H12FN. The standard InChI is InChI=1S/C9H12FN/c1-7-2-4-8(5-3-7)9(11)6-10/h2-5,9H,6,11H2,1H3/t9-/m1/s1. The quantitative estimate of drug-likeness (QED) is 0.690. The van der Waals surface area contributed by atoms with Gasteiger partial charge in [0.1, 0.15) is 6.67 Å². The van der Waals surface area contributed by atoms with E-state index in [1.807, 2.05) is 31.2 Å². The molecule has 1 rings (SSSR count). The van der Waals surface area contributed by atoms with E-state index in [0.717, 1.165) is 5.56 Å². The van der Waals surface area contributed by atoms with Crippen LogP contribution in [0, 0.1) is 6.92 Å². The van der Waals surface area contributed by atoms with Crippen LogP contribution in [-0.2, 0) is 0 Å². The summed E-state index contributed by atoms with van der Waals surface area (Å²) in [6.07, 6.45) is 0. The Bertz CT molecular complexity index is 218. The SMILES string of the molecule is Cc1ccc([C@H](N)CF)cc1. The van der Waals surface area contributed by atoms with Gasteiger partial charge in [-0.3, -0.25) is 0 Å². The fraction of sp³-hybridized carbons (Fsp3) is 0.333. The Balaban J connectivity index is 2.81. The number of benzene rings is 1. The van der Waals surface area contributed by atoms with Gasteiger partial charge in [-0.2, -0.15) is 0 Å². The van der Waals surface area contributed by atoms with Gasteiger partial charge in [-0.05, 0) is 12.5 Å². The molecule has 0 aromatic heterocycles. The lowest BCUT2D eigenvalue weighted by molar-refractivity contribution is 0.437. The fourth-order valence-corrected chi connectivity index (χ4v) is 0.903. The van der Waals surface area contributed by atoms with E-state index in [-0.39, 0.29) is 0 Å². The molecule has 0 bridgehead atoms. The first-order valence-corrected chi connectivity index (χ1v) is 3.62. The largest absolute Gasteiger partial charge is 0.322 e. The minimum absolute atomic E-state index is 0.462. The first-order valence-electron chi connectivity index (χ1n) is 3.62. The van der Waals surface area contributed by atoms with E-state index in [0.29, 0.717) is 0 Å². The van der Waals surface area contributed by atoms with Gasteiger partial charge in [0.15, 0.2) is 0 Å². The highest BCUT2D eigenvalue weighted by Crippen LogP contribution is 2.10. The van der Waals surface area contributed by atoms with Crippen molar-refractivity contribution >= 4 is 0 Å². The molecule has 2 N–H and O–H groups in total. The molecule has 1 atom stereocenters. The van der Waals surface area contributed by atoms with E-state index in [4.69, 9.17) is 5.73 Å². The normalized spacial score (nSPS) is 13.0. The van der Waals surface area contributed by atoms with E-state index in [1.165, 1.54) is 5.56 Å². The molecule has 0 radical (unpaired) electrons. The van der Waals surface area contributed by atoms with Crippen molar-refractivity contribution in [2.45, 2.75) is 13.0 Å². The zero-order valence-corrected chi connectivity index (χ0v) is 6.55. The summed E-state index contributed by atoms with van der Waals surface area (Å²) in [5.41, 5.74) is 7.50. The summed E-state index contributed by atoms with van der Waals surface area (Å²) in [5.74, 6) is 0. The first-order chi connectivity index (χ1) is 5.24. The Labute approximate surface area is 66.0 Å². The third-order valence-electron chi connectivity index (χ3n) is 1.67. The second-order valence-corrected chi connectivity index (χ2v) is 2.67. The highest BCUT2D eigenvalue weighted by atomic mass is 19.1. The van der Waals surface area contributed by atoms with Crippen LogP contribution in [0.1, 0.15) is 17.2 Å². The van der Waals surface area contributed by atoms with Crippen molar-refractivity contribution in [3.8, 4) is 0 Å². The summed E-state index contributed by atoms with van der Waals surface area (Å²) in [5, 5.41) is 0. The minimum atomic E-state index is -0.497. The summed E-state index contributed by atoms with van der Waals surface area (Å²) >= 11 is 0. The van der Waals surface area contributed by atoms with Crippen molar-refractivity contribution in [3.63, 3.8) is 0 Å². The van der Waals surface area contributed by atoms with E-state index in [9.17, 15) is 4.39 Å². The average Bonchev–Trinajstić information content (AvgIpc) is 2.05. The molecule has 0 aliphatic rings. The van der Waals surface area contributed by atoms with E-state index in [2.05, 4.69) is 0 Å². The molecule has 0 aliphatic carbocycles. The van der Waals surface area contributed by atoms with Crippen LogP contribution in [0.3, 0.4) is 0 Å². The molecule has 0 amide bonds. The zero-order chi connectivity index (χ0) is 8.27. The third kappa shape index (κ3) is 2.02. The smallest absolute Gasteiger partial charge is 0.109 e. The van der Waals surface area contributed by atoms with Gasteiger partial charge in [0.05, 0.1) is 6.04 Å². The molecule has 0 aliphatic heterocycles.